The molecule has 0 unspecified atom stereocenters. The number of benzene rings is 2. The maximum Gasteiger partial charge on any atom is 0.246 e. The summed E-state index contributed by atoms with van der Waals surface area (Å²) in [6.45, 7) is 1.82. The molecule has 166 valence electrons. The van der Waals surface area contributed by atoms with Gasteiger partial charge in [0.05, 0.1) is 4.90 Å². The van der Waals surface area contributed by atoms with Gasteiger partial charge in [0.25, 0.3) is 0 Å². The number of piperazine rings is 1. The van der Waals surface area contributed by atoms with Crippen LogP contribution < -0.4 is 9.47 Å². The third-order valence-electron chi connectivity index (χ3n) is 5.38. The summed E-state index contributed by atoms with van der Waals surface area (Å²) in [5, 5.41) is 0. The van der Waals surface area contributed by atoms with Gasteiger partial charge in [-0.05, 0) is 24.3 Å². The zero-order chi connectivity index (χ0) is 22.1. The Balaban J connectivity index is 1.22. The van der Waals surface area contributed by atoms with Crippen molar-refractivity contribution in [2.75, 3.05) is 39.4 Å². The van der Waals surface area contributed by atoms with Gasteiger partial charge in [-0.1, -0.05) is 12.1 Å². The number of carbonyl (C=O) groups excluding carboxylic acids is 1. The summed E-state index contributed by atoms with van der Waals surface area (Å²) in [6, 6.07) is 12.0. The Hall–Kier alpha value is -3.37. The fraction of sp³-hybridized carbons (Fsp3) is 0.273. The quantitative estimate of drug-likeness (QED) is 0.556. The first-order chi connectivity index (χ1) is 15.5. The molecular formula is C22H21N3O6S. The van der Waals surface area contributed by atoms with Crippen LogP contribution in [0.3, 0.4) is 0 Å². The summed E-state index contributed by atoms with van der Waals surface area (Å²) in [5.41, 5.74) is 1.37. The number of oxazole rings is 1. The monoisotopic (exact) mass is 455 g/mol. The van der Waals surface area contributed by atoms with Crippen molar-refractivity contribution in [2.24, 2.45) is 0 Å². The molecule has 0 saturated carbocycles. The molecule has 0 aliphatic carbocycles. The summed E-state index contributed by atoms with van der Waals surface area (Å²) in [4.78, 5) is 18.6. The fourth-order valence-corrected chi connectivity index (χ4v) is 5.13. The number of carbonyl (C=O) groups is 1. The molecule has 9 nitrogen and oxygen atoms in total. The van der Waals surface area contributed by atoms with E-state index in [1.807, 2.05) is 24.3 Å². The van der Waals surface area contributed by atoms with Crippen molar-refractivity contribution < 1.29 is 27.1 Å². The van der Waals surface area contributed by atoms with Gasteiger partial charge in [-0.2, -0.15) is 4.31 Å². The van der Waals surface area contributed by atoms with Crippen LogP contribution in [0.2, 0.25) is 0 Å². The standard InChI is InChI=1S/C22H21N3O6S/c26-22(8-7-21-23-17-3-1-2-4-18(17)31-21)24-9-11-25(12-10-24)32(27,28)16-5-6-19-20(15-16)30-14-13-29-19/h1-8,15H,9-14H2/b8-7+. The Morgan fingerprint density at radius 3 is 2.50 bits per heavy atom. The number of hydrogen-bond acceptors (Lipinski definition) is 7. The third kappa shape index (κ3) is 3.94. The van der Waals surface area contributed by atoms with Crippen molar-refractivity contribution in [2.45, 2.75) is 4.90 Å². The number of amides is 1. The number of fused-ring (bicyclic) bond motifs is 2. The van der Waals surface area contributed by atoms with Crippen LogP contribution in [0.15, 0.2) is 57.9 Å². The van der Waals surface area contributed by atoms with Crippen LogP contribution in [0.5, 0.6) is 11.5 Å². The number of hydrogen-bond donors (Lipinski definition) is 0. The fourth-order valence-electron chi connectivity index (χ4n) is 3.69. The minimum Gasteiger partial charge on any atom is -0.486 e. The van der Waals surface area contributed by atoms with Crippen molar-refractivity contribution in [3.8, 4) is 11.5 Å². The molecule has 0 bridgehead atoms. The highest BCUT2D eigenvalue weighted by Crippen LogP contribution is 2.33. The molecular weight excluding hydrogens is 434 g/mol. The lowest BCUT2D eigenvalue weighted by atomic mass is 10.3. The highest BCUT2D eigenvalue weighted by Gasteiger charge is 2.30. The average molecular weight is 455 g/mol. The topological polar surface area (TPSA) is 102 Å². The Morgan fingerprint density at radius 2 is 1.72 bits per heavy atom. The molecule has 1 aromatic heterocycles. The second-order valence-corrected chi connectivity index (χ2v) is 9.33. The van der Waals surface area contributed by atoms with E-state index in [1.54, 1.807) is 11.0 Å². The van der Waals surface area contributed by atoms with Crippen LogP contribution in [-0.4, -0.2) is 67.9 Å². The van der Waals surface area contributed by atoms with Gasteiger partial charge < -0.3 is 18.8 Å². The Labute approximate surface area is 184 Å². The maximum absolute atomic E-state index is 13.0. The number of para-hydroxylation sites is 2. The van der Waals surface area contributed by atoms with Gasteiger partial charge in [-0.3, -0.25) is 4.79 Å². The molecule has 2 aromatic carbocycles. The summed E-state index contributed by atoms with van der Waals surface area (Å²) in [5.74, 6) is 1.09. The Morgan fingerprint density at radius 1 is 0.969 bits per heavy atom. The second-order valence-electron chi connectivity index (χ2n) is 7.39. The van der Waals surface area contributed by atoms with E-state index >= 15 is 0 Å². The van der Waals surface area contributed by atoms with Crippen molar-refractivity contribution in [1.82, 2.24) is 14.2 Å². The van der Waals surface area contributed by atoms with Crippen LogP contribution in [0, 0.1) is 0 Å². The summed E-state index contributed by atoms with van der Waals surface area (Å²) >= 11 is 0. The van der Waals surface area contributed by atoms with E-state index in [0.29, 0.717) is 49.3 Å². The van der Waals surface area contributed by atoms with E-state index in [0.717, 1.165) is 5.52 Å². The van der Waals surface area contributed by atoms with Crippen LogP contribution >= 0.6 is 0 Å². The number of ether oxygens (including phenoxy) is 2. The van der Waals surface area contributed by atoms with Crippen LogP contribution in [0.4, 0.5) is 0 Å². The first-order valence-corrected chi connectivity index (χ1v) is 11.7. The number of nitrogens with zero attached hydrogens (tertiary/aromatic N) is 3. The highest BCUT2D eigenvalue weighted by molar-refractivity contribution is 7.89. The van der Waals surface area contributed by atoms with Gasteiger partial charge in [0.1, 0.15) is 18.7 Å². The first kappa shape index (κ1) is 20.5. The molecule has 0 N–H and O–H groups in total. The number of rotatable bonds is 4. The van der Waals surface area contributed by atoms with Crippen molar-refractivity contribution in [1.29, 1.82) is 0 Å². The molecule has 3 aromatic rings. The minimum absolute atomic E-state index is 0.150. The predicted molar refractivity (Wildman–Crippen MR) is 116 cm³/mol. The van der Waals surface area contributed by atoms with Crippen molar-refractivity contribution >= 4 is 33.1 Å². The largest absolute Gasteiger partial charge is 0.486 e. The summed E-state index contributed by atoms with van der Waals surface area (Å²) < 4.78 is 44.0. The molecule has 1 saturated heterocycles. The van der Waals surface area contributed by atoms with Gasteiger partial charge in [0, 0.05) is 44.4 Å². The average Bonchev–Trinajstić information content (AvgIpc) is 3.25. The van der Waals surface area contributed by atoms with E-state index < -0.39 is 10.0 Å². The van der Waals surface area contributed by atoms with Gasteiger partial charge in [-0.15, -0.1) is 0 Å². The molecule has 0 atom stereocenters. The smallest absolute Gasteiger partial charge is 0.246 e. The Bertz CT molecular complexity index is 1260. The predicted octanol–water partition coefficient (Wildman–Crippen LogP) is 2.15. The molecule has 3 heterocycles. The molecule has 2 aliphatic heterocycles. The van der Waals surface area contributed by atoms with Crippen LogP contribution in [-0.2, 0) is 14.8 Å². The summed E-state index contributed by atoms with van der Waals surface area (Å²) in [6.07, 6.45) is 2.93. The highest BCUT2D eigenvalue weighted by atomic mass is 32.2. The molecule has 10 heteroatoms. The molecule has 0 radical (unpaired) electrons. The molecule has 1 fully saturated rings. The molecule has 2 aliphatic rings. The molecule has 5 rings (SSSR count). The van der Waals surface area contributed by atoms with E-state index in [2.05, 4.69) is 4.98 Å². The lowest BCUT2D eigenvalue weighted by Gasteiger charge is -2.33. The first-order valence-electron chi connectivity index (χ1n) is 10.2. The SMILES string of the molecule is O=C(/C=C/c1nc2ccccc2o1)N1CCN(S(=O)(=O)c2ccc3c(c2)OCCO3)CC1. The number of aromatic nitrogens is 1. The van der Waals surface area contributed by atoms with Crippen LogP contribution in [0.1, 0.15) is 5.89 Å². The van der Waals surface area contributed by atoms with Gasteiger partial charge in [0.15, 0.2) is 17.1 Å². The molecule has 0 spiro atoms. The second kappa shape index (κ2) is 8.29. The summed E-state index contributed by atoms with van der Waals surface area (Å²) in [7, 11) is -3.70. The zero-order valence-electron chi connectivity index (χ0n) is 17.1. The van der Waals surface area contributed by atoms with Crippen molar-refractivity contribution in [3.05, 3.63) is 54.4 Å². The normalized spacial score (nSPS) is 17.2. The lowest BCUT2D eigenvalue weighted by molar-refractivity contribution is -0.127. The van der Waals surface area contributed by atoms with E-state index in [-0.39, 0.29) is 23.9 Å². The van der Waals surface area contributed by atoms with E-state index in [1.165, 1.54) is 28.6 Å². The zero-order valence-corrected chi connectivity index (χ0v) is 18.0. The van der Waals surface area contributed by atoms with Crippen LogP contribution in [0.25, 0.3) is 17.2 Å². The minimum atomic E-state index is -3.70. The third-order valence-corrected chi connectivity index (χ3v) is 7.28. The molecule has 1 amide bonds. The van der Waals surface area contributed by atoms with E-state index in [4.69, 9.17) is 13.9 Å². The molecule has 32 heavy (non-hydrogen) atoms. The maximum atomic E-state index is 13.0. The van der Waals surface area contributed by atoms with Crippen molar-refractivity contribution in [3.63, 3.8) is 0 Å². The Kier molecular flexibility index (Phi) is 5.32. The van der Waals surface area contributed by atoms with Gasteiger partial charge >= 0.3 is 0 Å². The van der Waals surface area contributed by atoms with Gasteiger partial charge in [0.2, 0.25) is 21.8 Å². The number of sulfonamides is 1. The lowest BCUT2D eigenvalue weighted by Crippen LogP contribution is -2.50. The van der Waals surface area contributed by atoms with Gasteiger partial charge in [-0.25, -0.2) is 13.4 Å². The van der Waals surface area contributed by atoms with E-state index in [9.17, 15) is 13.2 Å².